The van der Waals surface area contributed by atoms with E-state index in [-0.39, 0.29) is 11.6 Å². The first-order chi connectivity index (χ1) is 9.70. The Balaban J connectivity index is 2.18. The molecule has 1 aromatic heterocycles. The number of rotatable bonds is 6. The van der Waals surface area contributed by atoms with Crippen LogP contribution in [0.4, 0.5) is 4.39 Å². The van der Waals surface area contributed by atoms with Gasteiger partial charge < -0.3 is 10.1 Å². The van der Waals surface area contributed by atoms with E-state index in [9.17, 15) is 4.39 Å². The molecule has 0 aliphatic rings. The van der Waals surface area contributed by atoms with Crippen molar-refractivity contribution >= 4 is 0 Å². The van der Waals surface area contributed by atoms with Gasteiger partial charge >= 0.3 is 0 Å². The molecule has 0 aliphatic carbocycles. The maximum absolute atomic E-state index is 14.0. The van der Waals surface area contributed by atoms with Crippen LogP contribution in [0.3, 0.4) is 0 Å². The second kappa shape index (κ2) is 7.01. The van der Waals surface area contributed by atoms with Gasteiger partial charge in [0.05, 0.1) is 6.20 Å². The highest BCUT2D eigenvalue weighted by molar-refractivity contribution is 5.38. The average Bonchev–Trinajstić information content (AvgIpc) is 2.45. The van der Waals surface area contributed by atoms with Gasteiger partial charge in [0.25, 0.3) is 0 Å². The van der Waals surface area contributed by atoms with Gasteiger partial charge in [0.1, 0.15) is 5.75 Å². The Bertz CT molecular complexity index is 555. The standard InChI is InChI=1S/C16H19FN2O/c1-3-9-18-10-13-5-4-6-15(17)16(13)20-14-8-7-12(2)19-11-14/h4-8,11,18H,3,9-10H2,1-2H3. The van der Waals surface area contributed by atoms with Gasteiger partial charge in [0, 0.05) is 17.8 Å². The van der Waals surface area contributed by atoms with E-state index in [0.29, 0.717) is 12.3 Å². The number of aromatic nitrogens is 1. The lowest BCUT2D eigenvalue weighted by molar-refractivity contribution is 0.432. The van der Waals surface area contributed by atoms with E-state index in [0.717, 1.165) is 24.2 Å². The maximum Gasteiger partial charge on any atom is 0.167 e. The Hall–Kier alpha value is -1.94. The van der Waals surface area contributed by atoms with Crippen LogP contribution in [0.5, 0.6) is 11.5 Å². The molecule has 20 heavy (non-hydrogen) atoms. The molecule has 0 saturated heterocycles. The first kappa shape index (κ1) is 14.5. The minimum absolute atomic E-state index is 0.266. The molecule has 0 atom stereocenters. The lowest BCUT2D eigenvalue weighted by Gasteiger charge is -2.12. The first-order valence-electron chi connectivity index (χ1n) is 6.79. The second-order valence-corrected chi connectivity index (χ2v) is 4.64. The second-order valence-electron chi connectivity index (χ2n) is 4.64. The van der Waals surface area contributed by atoms with E-state index in [1.54, 1.807) is 18.3 Å². The zero-order valence-corrected chi connectivity index (χ0v) is 11.8. The van der Waals surface area contributed by atoms with E-state index in [4.69, 9.17) is 4.74 Å². The van der Waals surface area contributed by atoms with Crippen molar-refractivity contribution in [2.75, 3.05) is 6.54 Å². The molecule has 0 fully saturated rings. The minimum atomic E-state index is -0.360. The molecule has 106 valence electrons. The smallest absolute Gasteiger partial charge is 0.167 e. The van der Waals surface area contributed by atoms with Crippen LogP contribution < -0.4 is 10.1 Å². The van der Waals surface area contributed by atoms with Crippen LogP contribution in [0, 0.1) is 12.7 Å². The number of aryl methyl sites for hydroxylation is 1. The van der Waals surface area contributed by atoms with Gasteiger partial charge in [0.2, 0.25) is 0 Å². The number of pyridine rings is 1. The summed E-state index contributed by atoms with van der Waals surface area (Å²) in [5.41, 5.74) is 1.70. The fourth-order valence-electron chi connectivity index (χ4n) is 1.84. The Morgan fingerprint density at radius 3 is 2.80 bits per heavy atom. The summed E-state index contributed by atoms with van der Waals surface area (Å²) in [7, 11) is 0. The molecule has 3 nitrogen and oxygen atoms in total. The van der Waals surface area contributed by atoms with Crippen LogP contribution in [0.15, 0.2) is 36.5 Å². The quantitative estimate of drug-likeness (QED) is 0.813. The number of halogens is 1. The summed E-state index contributed by atoms with van der Waals surface area (Å²) in [5.74, 6) is 0.445. The van der Waals surface area contributed by atoms with E-state index >= 15 is 0 Å². The number of hydrogen-bond acceptors (Lipinski definition) is 3. The summed E-state index contributed by atoms with van der Waals surface area (Å²) in [6, 6.07) is 8.59. The molecule has 2 aromatic rings. The number of hydrogen-bond donors (Lipinski definition) is 1. The third kappa shape index (κ3) is 3.78. The first-order valence-corrected chi connectivity index (χ1v) is 6.79. The van der Waals surface area contributed by atoms with Crippen LogP contribution >= 0.6 is 0 Å². The van der Waals surface area contributed by atoms with Crippen molar-refractivity contribution in [1.29, 1.82) is 0 Å². The largest absolute Gasteiger partial charge is 0.452 e. The van der Waals surface area contributed by atoms with Crippen molar-refractivity contribution in [1.82, 2.24) is 10.3 Å². The Morgan fingerprint density at radius 1 is 1.25 bits per heavy atom. The van der Waals surface area contributed by atoms with Crippen LogP contribution in [0.1, 0.15) is 24.6 Å². The van der Waals surface area contributed by atoms with Crippen LogP contribution in [-0.2, 0) is 6.54 Å². The maximum atomic E-state index is 14.0. The predicted molar refractivity (Wildman–Crippen MR) is 77.4 cm³/mol. The van der Waals surface area contributed by atoms with Crippen LogP contribution in [-0.4, -0.2) is 11.5 Å². The van der Waals surface area contributed by atoms with Crippen molar-refractivity contribution in [2.24, 2.45) is 0 Å². The normalized spacial score (nSPS) is 10.6. The predicted octanol–water partition coefficient (Wildman–Crippen LogP) is 3.82. The summed E-state index contributed by atoms with van der Waals surface area (Å²) >= 11 is 0. The zero-order chi connectivity index (χ0) is 14.4. The van der Waals surface area contributed by atoms with Crippen molar-refractivity contribution < 1.29 is 9.13 Å². The number of nitrogens with one attached hydrogen (secondary N) is 1. The zero-order valence-electron chi connectivity index (χ0n) is 11.8. The number of nitrogens with zero attached hydrogens (tertiary/aromatic N) is 1. The van der Waals surface area contributed by atoms with E-state index in [1.807, 2.05) is 19.1 Å². The lowest BCUT2D eigenvalue weighted by Crippen LogP contribution is -2.14. The molecule has 0 spiro atoms. The summed E-state index contributed by atoms with van der Waals surface area (Å²) in [6.45, 7) is 5.46. The van der Waals surface area contributed by atoms with Crippen LogP contribution in [0.2, 0.25) is 0 Å². The number of ether oxygens (including phenoxy) is 1. The number of para-hydroxylation sites is 1. The molecule has 1 heterocycles. The molecule has 0 unspecified atom stereocenters. The van der Waals surface area contributed by atoms with Crippen LogP contribution in [0.25, 0.3) is 0 Å². The topological polar surface area (TPSA) is 34.1 Å². The third-order valence-corrected chi connectivity index (χ3v) is 2.89. The monoisotopic (exact) mass is 274 g/mol. The highest BCUT2D eigenvalue weighted by Crippen LogP contribution is 2.28. The molecule has 0 amide bonds. The van der Waals surface area contributed by atoms with Gasteiger partial charge in [-0.25, -0.2) is 4.39 Å². The average molecular weight is 274 g/mol. The van der Waals surface area contributed by atoms with Crippen molar-refractivity contribution in [3.05, 3.63) is 53.6 Å². The van der Waals surface area contributed by atoms with E-state index in [1.165, 1.54) is 6.07 Å². The van der Waals surface area contributed by atoms with Crippen molar-refractivity contribution in [2.45, 2.75) is 26.8 Å². The van der Waals surface area contributed by atoms with Crippen molar-refractivity contribution in [3.63, 3.8) is 0 Å². The molecule has 0 aliphatic heterocycles. The van der Waals surface area contributed by atoms with Gasteiger partial charge in [-0.3, -0.25) is 4.98 Å². The molecular weight excluding hydrogens is 255 g/mol. The Morgan fingerprint density at radius 2 is 2.10 bits per heavy atom. The van der Waals surface area contributed by atoms with Crippen molar-refractivity contribution in [3.8, 4) is 11.5 Å². The SMILES string of the molecule is CCCNCc1cccc(F)c1Oc1ccc(C)nc1. The molecule has 1 aromatic carbocycles. The third-order valence-electron chi connectivity index (χ3n) is 2.89. The van der Waals surface area contributed by atoms with E-state index < -0.39 is 0 Å². The van der Waals surface area contributed by atoms with Gasteiger partial charge in [-0.2, -0.15) is 0 Å². The van der Waals surface area contributed by atoms with Gasteiger partial charge in [-0.05, 0) is 38.1 Å². The Labute approximate surface area is 118 Å². The van der Waals surface area contributed by atoms with E-state index in [2.05, 4.69) is 17.2 Å². The molecular formula is C16H19FN2O. The van der Waals surface area contributed by atoms with Gasteiger partial charge in [0.15, 0.2) is 11.6 Å². The fraction of sp³-hybridized carbons (Fsp3) is 0.312. The molecule has 0 bridgehead atoms. The highest BCUT2D eigenvalue weighted by Gasteiger charge is 2.10. The molecule has 2 rings (SSSR count). The van der Waals surface area contributed by atoms with Gasteiger partial charge in [-0.15, -0.1) is 0 Å². The molecule has 0 saturated carbocycles. The minimum Gasteiger partial charge on any atom is -0.452 e. The summed E-state index contributed by atoms with van der Waals surface area (Å²) < 4.78 is 19.6. The highest BCUT2D eigenvalue weighted by atomic mass is 19.1. The summed E-state index contributed by atoms with van der Waals surface area (Å²) in [6.07, 6.45) is 2.64. The molecule has 4 heteroatoms. The Kier molecular flexibility index (Phi) is 5.07. The summed E-state index contributed by atoms with van der Waals surface area (Å²) in [4.78, 5) is 4.15. The molecule has 0 radical (unpaired) electrons. The number of benzene rings is 1. The fourth-order valence-corrected chi connectivity index (χ4v) is 1.84. The van der Waals surface area contributed by atoms with Gasteiger partial charge in [-0.1, -0.05) is 19.1 Å². The lowest BCUT2D eigenvalue weighted by atomic mass is 10.2. The summed E-state index contributed by atoms with van der Waals surface area (Å²) in [5, 5.41) is 3.25. The molecule has 1 N–H and O–H groups in total.